The molecule has 0 saturated heterocycles. The van der Waals surface area contributed by atoms with E-state index >= 15 is 0 Å². The van der Waals surface area contributed by atoms with Crippen LogP contribution in [0.25, 0.3) is 0 Å². The Labute approximate surface area is 111 Å². The summed E-state index contributed by atoms with van der Waals surface area (Å²) in [4.78, 5) is 44.2. The average molecular weight is 273 g/mol. The minimum absolute atomic E-state index is 0.102. The largest absolute Gasteiger partial charge is 0.468 e. The summed E-state index contributed by atoms with van der Waals surface area (Å²) in [5.74, 6) is -1.34. The highest BCUT2D eigenvalue weighted by molar-refractivity contribution is 5.87. The summed E-state index contributed by atoms with van der Waals surface area (Å²) in [6.45, 7) is 1.99. The Morgan fingerprint density at radius 3 is 2.47 bits per heavy atom. The van der Waals surface area contributed by atoms with E-state index in [1.165, 1.54) is 7.11 Å². The van der Waals surface area contributed by atoms with Crippen molar-refractivity contribution in [3.05, 3.63) is 0 Å². The molecule has 1 atom stereocenters. The van der Waals surface area contributed by atoms with Gasteiger partial charge in [0.05, 0.1) is 7.11 Å². The van der Waals surface area contributed by atoms with Crippen LogP contribution in [-0.2, 0) is 23.9 Å². The monoisotopic (exact) mass is 273 g/mol. The van der Waals surface area contributed by atoms with Crippen molar-refractivity contribution in [3.8, 4) is 0 Å². The van der Waals surface area contributed by atoms with Crippen LogP contribution in [0.2, 0.25) is 0 Å². The molecule has 0 aromatic rings. The number of esters is 1. The molecule has 0 rings (SSSR count). The zero-order valence-corrected chi connectivity index (χ0v) is 11.0. The summed E-state index contributed by atoms with van der Waals surface area (Å²) in [6, 6.07) is -0.857. The zero-order chi connectivity index (χ0) is 14.7. The molecule has 0 aliphatic rings. The van der Waals surface area contributed by atoms with E-state index in [9.17, 15) is 19.2 Å². The maximum Gasteiger partial charge on any atom is 0.325 e. The zero-order valence-electron chi connectivity index (χ0n) is 11.0. The first-order chi connectivity index (χ1) is 9.04. The minimum atomic E-state index is -0.857. The molecule has 0 fully saturated rings. The Kier molecular flexibility index (Phi) is 8.76. The second-order valence-electron chi connectivity index (χ2n) is 3.62. The average Bonchev–Trinajstić information content (AvgIpc) is 2.40. The standard InChI is InChI=1S/C11H19N3O5/c1-3-12-9(16)5-4-8(14-7-15)11(18)13-6-10(17)19-2/h7-8H,3-6H2,1-2H3,(H,12,16)(H,13,18)(H,14,15). The Balaban J connectivity index is 4.22. The third-order valence-corrected chi connectivity index (χ3v) is 2.25. The number of hydrogen-bond donors (Lipinski definition) is 3. The van der Waals surface area contributed by atoms with Crippen LogP contribution >= 0.6 is 0 Å². The van der Waals surface area contributed by atoms with Crippen molar-refractivity contribution >= 4 is 24.2 Å². The lowest BCUT2D eigenvalue weighted by Gasteiger charge is -2.15. The summed E-state index contributed by atoms with van der Waals surface area (Å²) >= 11 is 0. The van der Waals surface area contributed by atoms with Crippen molar-refractivity contribution < 1.29 is 23.9 Å². The number of ether oxygens (including phenoxy) is 1. The molecule has 0 radical (unpaired) electrons. The van der Waals surface area contributed by atoms with E-state index in [1.807, 2.05) is 0 Å². The van der Waals surface area contributed by atoms with Crippen molar-refractivity contribution in [3.63, 3.8) is 0 Å². The number of rotatable bonds is 9. The van der Waals surface area contributed by atoms with Gasteiger partial charge in [-0.15, -0.1) is 0 Å². The Hall–Kier alpha value is -2.12. The van der Waals surface area contributed by atoms with Gasteiger partial charge in [-0.2, -0.15) is 0 Å². The number of carbonyl (C=O) groups is 4. The first-order valence-electron chi connectivity index (χ1n) is 5.86. The molecule has 0 aromatic heterocycles. The minimum Gasteiger partial charge on any atom is -0.468 e. The first-order valence-corrected chi connectivity index (χ1v) is 5.86. The van der Waals surface area contributed by atoms with Gasteiger partial charge in [-0.25, -0.2) is 0 Å². The van der Waals surface area contributed by atoms with E-state index in [0.717, 1.165) is 0 Å². The molecule has 108 valence electrons. The molecule has 0 bridgehead atoms. The van der Waals surface area contributed by atoms with E-state index in [-0.39, 0.29) is 25.3 Å². The van der Waals surface area contributed by atoms with Gasteiger partial charge in [-0.05, 0) is 13.3 Å². The van der Waals surface area contributed by atoms with Crippen LogP contribution in [0.15, 0.2) is 0 Å². The summed E-state index contributed by atoms with van der Waals surface area (Å²) in [7, 11) is 1.20. The van der Waals surface area contributed by atoms with Crippen LogP contribution in [0.1, 0.15) is 19.8 Å². The van der Waals surface area contributed by atoms with E-state index in [4.69, 9.17) is 0 Å². The molecule has 0 aromatic carbocycles. The Bertz CT molecular complexity index is 332. The second-order valence-corrected chi connectivity index (χ2v) is 3.62. The molecular formula is C11H19N3O5. The highest BCUT2D eigenvalue weighted by atomic mass is 16.5. The van der Waals surface area contributed by atoms with E-state index in [1.54, 1.807) is 6.92 Å². The fourth-order valence-corrected chi connectivity index (χ4v) is 1.29. The van der Waals surface area contributed by atoms with Crippen molar-refractivity contribution in [2.75, 3.05) is 20.2 Å². The van der Waals surface area contributed by atoms with Gasteiger partial charge < -0.3 is 20.7 Å². The van der Waals surface area contributed by atoms with Gasteiger partial charge in [-0.1, -0.05) is 0 Å². The maximum atomic E-state index is 11.7. The van der Waals surface area contributed by atoms with E-state index < -0.39 is 17.9 Å². The number of carbonyl (C=O) groups excluding carboxylic acids is 4. The number of nitrogens with one attached hydrogen (secondary N) is 3. The highest BCUT2D eigenvalue weighted by Crippen LogP contribution is 1.97. The summed E-state index contributed by atoms with van der Waals surface area (Å²) in [5, 5.41) is 7.18. The van der Waals surface area contributed by atoms with Crippen LogP contribution in [0.4, 0.5) is 0 Å². The van der Waals surface area contributed by atoms with Crippen molar-refractivity contribution in [2.45, 2.75) is 25.8 Å². The Morgan fingerprint density at radius 1 is 1.26 bits per heavy atom. The fraction of sp³-hybridized carbons (Fsp3) is 0.636. The van der Waals surface area contributed by atoms with Crippen LogP contribution in [0, 0.1) is 0 Å². The normalized spacial score (nSPS) is 11.1. The fourth-order valence-electron chi connectivity index (χ4n) is 1.29. The predicted octanol–water partition coefficient (Wildman–Crippen LogP) is -1.69. The van der Waals surface area contributed by atoms with E-state index in [2.05, 4.69) is 20.7 Å². The molecule has 8 nitrogen and oxygen atoms in total. The molecular weight excluding hydrogens is 254 g/mol. The molecule has 1 unspecified atom stereocenters. The molecule has 0 heterocycles. The summed E-state index contributed by atoms with van der Waals surface area (Å²) in [5.41, 5.74) is 0. The molecule has 0 aliphatic carbocycles. The lowest BCUT2D eigenvalue weighted by Crippen LogP contribution is -2.45. The van der Waals surface area contributed by atoms with Crippen LogP contribution < -0.4 is 16.0 Å². The van der Waals surface area contributed by atoms with Gasteiger partial charge >= 0.3 is 5.97 Å². The number of amides is 3. The molecule has 8 heteroatoms. The molecule has 3 amide bonds. The molecule has 0 saturated carbocycles. The quantitative estimate of drug-likeness (QED) is 0.342. The summed E-state index contributed by atoms with van der Waals surface area (Å²) in [6.07, 6.45) is 0.628. The van der Waals surface area contributed by atoms with Gasteiger partial charge in [-0.3, -0.25) is 19.2 Å². The second kappa shape index (κ2) is 9.86. The Morgan fingerprint density at radius 2 is 1.95 bits per heavy atom. The number of methoxy groups -OCH3 is 1. The summed E-state index contributed by atoms with van der Waals surface area (Å²) < 4.78 is 4.36. The van der Waals surface area contributed by atoms with Gasteiger partial charge in [0.15, 0.2) is 0 Å². The van der Waals surface area contributed by atoms with Crippen molar-refractivity contribution in [1.29, 1.82) is 0 Å². The molecule has 0 spiro atoms. The smallest absolute Gasteiger partial charge is 0.325 e. The van der Waals surface area contributed by atoms with Gasteiger partial charge in [0.1, 0.15) is 12.6 Å². The first kappa shape index (κ1) is 16.9. The molecule has 0 aliphatic heterocycles. The third kappa shape index (κ3) is 7.74. The molecule has 19 heavy (non-hydrogen) atoms. The lowest BCUT2D eigenvalue weighted by molar-refractivity contribution is -0.141. The van der Waals surface area contributed by atoms with Gasteiger partial charge in [0.2, 0.25) is 18.2 Å². The SMILES string of the molecule is CCNC(=O)CCC(NC=O)C(=O)NCC(=O)OC. The van der Waals surface area contributed by atoms with Crippen molar-refractivity contribution in [2.24, 2.45) is 0 Å². The van der Waals surface area contributed by atoms with Crippen molar-refractivity contribution in [1.82, 2.24) is 16.0 Å². The predicted molar refractivity (Wildman–Crippen MR) is 65.9 cm³/mol. The third-order valence-electron chi connectivity index (χ3n) is 2.25. The van der Waals surface area contributed by atoms with Crippen LogP contribution in [0.3, 0.4) is 0 Å². The lowest BCUT2D eigenvalue weighted by atomic mass is 10.1. The van der Waals surface area contributed by atoms with Gasteiger partial charge in [0.25, 0.3) is 0 Å². The molecule has 3 N–H and O–H groups in total. The maximum absolute atomic E-state index is 11.7. The highest BCUT2D eigenvalue weighted by Gasteiger charge is 2.19. The number of hydrogen-bond acceptors (Lipinski definition) is 5. The van der Waals surface area contributed by atoms with E-state index in [0.29, 0.717) is 13.0 Å². The topological polar surface area (TPSA) is 114 Å². The van der Waals surface area contributed by atoms with Crippen LogP contribution in [-0.4, -0.2) is 50.4 Å². The van der Waals surface area contributed by atoms with Crippen LogP contribution in [0.5, 0.6) is 0 Å². The van der Waals surface area contributed by atoms with Gasteiger partial charge in [0, 0.05) is 13.0 Å².